The lowest BCUT2D eigenvalue weighted by Gasteiger charge is -2.31. The fraction of sp³-hybridized carbons (Fsp3) is 0.438. The fourth-order valence-corrected chi connectivity index (χ4v) is 2.47. The largest absolute Gasteiger partial charge is 0.384 e. The van der Waals surface area contributed by atoms with Crippen LogP contribution in [0.2, 0.25) is 0 Å². The Bertz CT molecular complexity index is 426. The van der Waals surface area contributed by atoms with Gasteiger partial charge in [0.05, 0.1) is 6.61 Å². The van der Waals surface area contributed by atoms with Crippen molar-refractivity contribution in [2.75, 3.05) is 26.8 Å². The summed E-state index contributed by atoms with van der Waals surface area (Å²) in [6.45, 7) is 2.41. The maximum atomic E-state index is 12.1. The molecule has 0 N–H and O–H groups in total. The van der Waals surface area contributed by atoms with Crippen LogP contribution in [0.1, 0.15) is 18.4 Å². The summed E-state index contributed by atoms with van der Waals surface area (Å²) in [6.07, 6.45) is 5.77. The van der Waals surface area contributed by atoms with Gasteiger partial charge in [-0.1, -0.05) is 30.3 Å². The van der Waals surface area contributed by atoms with E-state index in [1.165, 1.54) is 0 Å². The third kappa shape index (κ3) is 4.21. The summed E-state index contributed by atoms with van der Waals surface area (Å²) in [6, 6.07) is 9.90. The third-order valence-corrected chi connectivity index (χ3v) is 3.45. The standard InChI is InChI=1S/C16H21NO2/c1-19-13-15-8-5-11-17(12-15)16(18)10-9-14-6-3-2-4-7-14/h2-4,6-7,9-10,15H,5,8,11-13H2,1H3/b10-9+. The molecule has 1 atom stereocenters. The number of piperidine rings is 1. The number of rotatable bonds is 4. The van der Waals surface area contributed by atoms with Gasteiger partial charge in [-0.3, -0.25) is 4.79 Å². The lowest BCUT2D eigenvalue weighted by atomic mass is 9.99. The summed E-state index contributed by atoms with van der Waals surface area (Å²) < 4.78 is 5.18. The van der Waals surface area contributed by atoms with E-state index in [9.17, 15) is 4.79 Å². The SMILES string of the molecule is COCC1CCCN(C(=O)/C=C/c2ccccc2)C1. The molecule has 0 saturated carbocycles. The Morgan fingerprint density at radius 1 is 1.42 bits per heavy atom. The van der Waals surface area contributed by atoms with E-state index in [0.717, 1.165) is 38.1 Å². The number of hydrogen-bond donors (Lipinski definition) is 0. The quantitative estimate of drug-likeness (QED) is 0.778. The van der Waals surface area contributed by atoms with E-state index in [2.05, 4.69) is 0 Å². The Balaban J connectivity index is 1.90. The fourth-order valence-electron chi connectivity index (χ4n) is 2.47. The average Bonchev–Trinajstić information content (AvgIpc) is 2.46. The van der Waals surface area contributed by atoms with Crippen LogP contribution in [-0.4, -0.2) is 37.6 Å². The summed E-state index contributed by atoms with van der Waals surface area (Å²) in [5.41, 5.74) is 1.06. The molecule has 1 saturated heterocycles. The molecule has 2 rings (SSSR count). The van der Waals surface area contributed by atoms with Gasteiger partial charge in [-0.15, -0.1) is 0 Å². The monoisotopic (exact) mass is 259 g/mol. The molecule has 0 bridgehead atoms. The van der Waals surface area contributed by atoms with Crippen molar-refractivity contribution in [2.45, 2.75) is 12.8 Å². The molecule has 1 unspecified atom stereocenters. The van der Waals surface area contributed by atoms with E-state index in [4.69, 9.17) is 4.74 Å². The van der Waals surface area contributed by atoms with Gasteiger partial charge in [0.15, 0.2) is 0 Å². The number of nitrogens with zero attached hydrogens (tertiary/aromatic N) is 1. The first-order valence-corrected chi connectivity index (χ1v) is 6.80. The van der Waals surface area contributed by atoms with E-state index in [0.29, 0.717) is 5.92 Å². The van der Waals surface area contributed by atoms with Crippen molar-refractivity contribution in [2.24, 2.45) is 5.92 Å². The van der Waals surface area contributed by atoms with Crippen LogP contribution in [0.3, 0.4) is 0 Å². The predicted octanol–water partition coefficient (Wildman–Crippen LogP) is 2.58. The number of hydrogen-bond acceptors (Lipinski definition) is 2. The molecule has 1 aliphatic rings. The first kappa shape index (κ1) is 13.8. The van der Waals surface area contributed by atoms with Gasteiger partial charge in [0.25, 0.3) is 0 Å². The molecule has 3 heteroatoms. The minimum absolute atomic E-state index is 0.102. The molecular formula is C16H21NO2. The van der Waals surface area contributed by atoms with Gasteiger partial charge in [0.1, 0.15) is 0 Å². The van der Waals surface area contributed by atoms with Crippen LogP contribution >= 0.6 is 0 Å². The molecule has 0 aromatic heterocycles. The molecule has 3 nitrogen and oxygen atoms in total. The van der Waals surface area contributed by atoms with Crippen molar-refractivity contribution in [3.05, 3.63) is 42.0 Å². The van der Waals surface area contributed by atoms with Crippen LogP contribution in [0.4, 0.5) is 0 Å². The van der Waals surface area contributed by atoms with Crippen molar-refractivity contribution in [3.8, 4) is 0 Å². The van der Waals surface area contributed by atoms with Crippen molar-refractivity contribution >= 4 is 12.0 Å². The van der Waals surface area contributed by atoms with Crippen molar-refractivity contribution in [1.29, 1.82) is 0 Å². The Kier molecular flexibility index (Phi) is 5.16. The topological polar surface area (TPSA) is 29.5 Å². The Labute approximate surface area is 114 Å². The summed E-state index contributed by atoms with van der Waals surface area (Å²) in [4.78, 5) is 14.0. The molecule has 1 amide bonds. The highest BCUT2D eigenvalue weighted by Crippen LogP contribution is 2.17. The average molecular weight is 259 g/mol. The number of benzene rings is 1. The number of amides is 1. The molecule has 1 aliphatic heterocycles. The Morgan fingerprint density at radius 3 is 2.95 bits per heavy atom. The molecule has 0 spiro atoms. The third-order valence-electron chi connectivity index (χ3n) is 3.45. The van der Waals surface area contributed by atoms with Crippen molar-refractivity contribution in [3.63, 3.8) is 0 Å². The molecule has 0 aliphatic carbocycles. The van der Waals surface area contributed by atoms with Crippen molar-refractivity contribution in [1.82, 2.24) is 4.90 Å². The smallest absolute Gasteiger partial charge is 0.246 e. The van der Waals surface area contributed by atoms with E-state index in [-0.39, 0.29) is 5.91 Å². The second-order valence-corrected chi connectivity index (χ2v) is 4.99. The van der Waals surface area contributed by atoms with Gasteiger partial charge in [0.2, 0.25) is 5.91 Å². The van der Waals surface area contributed by atoms with Crippen molar-refractivity contribution < 1.29 is 9.53 Å². The van der Waals surface area contributed by atoms with Gasteiger partial charge in [0, 0.05) is 26.3 Å². The molecule has 102 valence electrons. The second-order valence-electron chi connectivity index (χ2n) is 4.99. The van der Waals surface area contributed by atoms with Gasteiger partial charge in [-0.2, -0.15) is 0 Å². The van der Waals surface area contributed by atoms with E-state index in [1.807, 2.05) is 41.3 Å². The number of ether oxygens (including phenoxy) is 1. The Morgan fingerprint density at radius 2 is 2.21 bits per heavy atom. The molecule has 1 aromatic rings. The van der Waals surface area contributed by atoms with Gasteiger partial charge < -0.3 is 9.64 Å². The number of carbonyl (C=O) groups is 1. The first-order valence-electron chi connectivity index (χ1n) is 6.80. The van der Waals surface area contributed by atoms with E-state index >= 15 is 0 Å². The maximum Gasteiger partial charge on any atom is 0.246 e. The molecule has 1 heterocycles. The van der Waals surface area contributed by atoms with Gasteiger partial charge >= 0.3 is 0 Å². The van der Waals surface area contributed by atoms with Gasteiger partial charge in [-0.05, 0) is 30.4 Å². The van der Waals surface area contributed by atoms with Crippen LogP contribution < -0.4 is 0 Å². The van der Waals surface area contributed by atoms with Crippen LogP contribution in [-0.2, 0) is 9.53 Å². The molecule has 19 heavy (non-hydrogen) atoms. The highest BCUT2D eigenvalue weighted by Gasteiger charge is 2.21. The maximum absolute atomic E-state index is 12.1. The zero-order chi connectivity index (χ0) is 13.5. The zero-order valence-corrected chi connectivity index (χ0v) is 11.4. The summed E-state index contributed by atoms with van der Waals surface area (Å²) in [5, 5.41) is 0. The van der Waals surface area contributed by atoms with Crippen LogP contribution in [0.5, 0.6) is 0 Å². The summed E-state index contributed by atoms with van der Waals surface area (Å²) in [5.74, 6) is 0.581. The molecule has 1 aromatic carbocycles. The molecule has 0 radical (unpaired) electrons. The number of likely N-dealkylation sites (tertiary alicyclic amines) is 1. The van der Waals surface area contributed by atoms with Crippen LogP contribution in [0, 0.1) is 5.92 Å². The minimum Gasteiger partial charge on any atom is -0.384 e. The van der Waals surface area contributed by atoms with E-state index in [1.54, 1.807) is 13.2 Å². The summed E-state index contributed by atoms with van der Waals surface area (Å²) in [7, 11) is 1.72. The lowest BCUT2D eigenvalue weighted by molar-refractivity contribution is -0.128. The molecule has 1 fully saturated rings. The second kappa shape index (κ2) is 7.10. The van der Waals surface area contributed by atoms with Crippen LogP contribution in [0.15, 0.2) is 36.4 Å². The lowest BCUT2D eigenvalue weighted by Crippen LogP contribution is -2.40. The first-order chi connectivity index (χ1) is 9.29. The highest BCUT2D eigenvalue weighted by molar-refractivity contribution is 5.91. The Hall–Kier alpha value is -1.61. The van der Waals surface area contributed by atoms with Gasteiger partial charge in [-0.25, -0.2) is 0 Å². The number of methoxy groups -OCH3 is 1. The molecular weight excluding hydrogens is 238 g/mol. The highest BCUT2D eigenvalue weighted by atomic mass is 16.5. The van der Waals surface area contributed by atoms with E-state index < -0.39 is 0 Å². The number of carbonyl (C=O) groups excluding carboxylic acids is 1. The summed E-state index contributed by atoms with van der Waals surface area (Å²) >= 11 is 0. The van der Waals surface area contributed by atoms with Crippen LogP contribution in [0.25, 0.3) is 6.08 Å². The minimum atomic E-state index is 0.102. The predicted molar refractivity (Wildman–Crippen MR) is 76.7 cm³/mol. The normalized spacial score (nSPS) is 19.8. The zero-order valence-electron chi connectivity index (χ0n) is 11.4.